The number of hydrogen-bond donors (Lipinski definition) is 4. The number of hydrogen-bond acceptors (Lipinski definition) is 10. The summed E-state index contributed by atoms with van der Waals surface area (Å²) in [6, 6.07) is 1.03. The van der Waals surface area contributed by atoms with E-state index in [1.54, 1.807) is 0 Å². The molecule has 2 atom stereocenters. The van der Waals surface area contributed by atoms with E-state index in [0.29, 0.717) is 23.4 Å². The summed E-state index contributed by atoms with van der Waals surface area (Å²) in [7, 11) is -7.70. The van der Waals surface area contributed by atoms with Crippen molar-refractivity contribution in [2.24, 2.45) is 5.14 Å². The van der Waals surface area contributed by atoms with Crippen molar-refractivity contribution in [3.63, 3.8) is 0 Å². The fourth-order valence-corrected chi connectivity index (χ4v) is 7.56. The monoisotopic (exact) mass is 415 g/mol. The fourth-order valence-electron chi connectivity index (χ4n) is 2.81. The van der Waals surface area contributed by atoms with E-state index < -0.39 is 30.5 Å². The maximum Gasteiger partial charge on any atom is 0.247 e. The first-order chi connectivity index (χ1) is 11.6. The highest BCUT2D eigenvalue weighted by Crippen LogP contribution is 2.43. The summed E-state index contributed by atoms with van der Waals surface area (Å²) in [5, 5.41) is 24.1. The largest absolute Gasteiger partial charge is 0.310 e. The number of rotatable bonds is 8. The van der Waals surface area contributed by atoms with Crippen molar-refractivity contribution < 1.29 is 32.1 Å². The lowest BCUT2D eigenvalue weighted by Gasteiger charge is -2.29. The van der Waals surface area contributed by atoms with Crippen molar-refractivity contribution in [2.45, 2.75) is 45.9 Å². The van der Waals surface area contributed by atoms with Gasteiger partial charge in [-0.25, -0.2) is 22.0 Å². The minimum Gasteiger partial charge on any atom is -0.310 e. The van der Waals surface area contributed by atoms with Gasteiger partial charge < -0.3 is 5.32 Å². The van der Waals surface area contributed by atoms with E-state index in [9.17, 15) is 16.8 Å². The second-order valence-electron chi connectivity index (χ2n) is 5.59. The number of nitrogens with zero attached hydrogens (tertiary/aromatic N) is 1. The predicted molar refractivity (Wildman–Crippen MR) is 88.3 cm³/mol. The van der Waals surface area contributed by atoms with E-state index in [4.69, 9.17) is 15.6 Å². The quantitative estimate of drug-likeness (QED) is 0.348. The van der Waals surface area contributed by atoms with Gasteiger partial charge in [0, 0.05) is 11.6 Å². The van der Waals surface area contributed by atoms with Gasteiger partial charge in [0.1, 0.15) is 8.42 Å². The maximum absolute atomic E-state index is 12.8. The molecule has 0 bridgehead atoms. The second-order valence-corrected chi connectivity index (χ2v) is 10.9. The topological polar surface area (TPSA) is 159 Å². The van der Waals surface area contributed by atoms with E-state index >= 15 is 0 Å². The van der Waals surface area contributed by atoms with Crippen LogP contribution in [0.5, 0.6) is 0 Å². The highest BCUT2D eigenvalue weighted by atomic mass is 32.3. The van der Waals surface area contributed by atoms with Crippen molar-refractivity contribution in [1.82, 2.24) is 10.7 Å². The molecule has 0 aromatic carbocycles. The molecule has 5 N–H and O–H groups in total. The molecular weight excluding hydrogens is 394 g/mol. The van der Waals surface area contributed by atoms with Crippen LogP contribution in [0.15, 0.2) is 14.5 Å². The molecule has 1 aliphatic heterocycles. The summed E-state index contributed by atoms with van der Waals surface area (Å²) in [4.78, 5) is 4.43. The lowest BCUT2D eigenvalue weighted by Crippen LogP contribution is -2.35. The Balaban J connectivity index is 2.30. The van der Waals surface area contributed by atoms with Crippen LogP contribution < -0.4 is 10.5 Å². The number of thiophene rings is 1. The molecule has 0 saturated carbocycles. The van der Waals surface area contributed by atoms with Gasteiger partial charge in [0.05, 0.1) is 17.2 Å². The molecule has 0 aliphatic carbocycles. The third kappa shape index (κ3) is 4.75. The minimum absolute atomic E-state index is 0.0191. The van der Waals surface area contributed by atoms with Crippen molar-refractivity contribution >= 4 is 31.2 Å². The summed E-state index contributed by atoms with van der Waals surface area (Å²) < 4.78 is 48.7. The van der Waals surface area contributed by atoms with Crippen LogP contribution in [-0.4, -0.2) is 51.0 Å². The van der Waals surface area contributed by atoms with Crippen molar-refractivity contribution in [2.75, 3.05) is 13.2 Å². The molecule has 2 rings (SSSR count). The van der Waals surface area contributed by atoms with Crippen molar-refractivity contribution in [3.8, 4) is 0 Å². The van der Waals surface area contributed by atoms with Crippen LogP contribution in [0.25, 0.3) is 0 Å². The Hall–Kier alpha value is -0.640. The molecule has 25 heavy (non-hydrogen) atoms. The molecule has 1 aromatic heterocycles. The Labute approximate surface area is 150 Å². The lowest BCUT2D eigenvalue weighted by atomic mass is 10.0. The predicted octanol–water partition coefficient (Wildman–Crippen LogP) is 0.384. The smallest absolute Gasteiger partial charge is 0.247 e. The first-order valence-corrected chi connectivity index (χ1v) is 11.4. The Morgan fingerprint density at radius 1 is 1.48 bits per heavy atom. The second kappa shape index (κ2) is 7.94. The summed E-state index contributed by atoms with van der Waals surface area (Å²) in [5.41, 5.74) is 0.431. The summed E-state index contributed by atoms with van der Waals surface area (Å²) in [6.45, 7) is 2.39. The molecular formula is C12H21N3O7S3. The third-order valence-corrected chi connectivity index (χ3v) is 9.25. The Morgan fingerprint density at radius 2 is 2.16 bits per heavy atom. The number of fused-ring (bicyclic) bond motifs is 1. The molecule has 144 valence electrons. The SMILES string of the molecule is CCN[C@H]1C[C@H](CCCON(O)O)S(=O)(=O)c2sc(S(N)(=O)=O)cc21. The van der Waals surface area contributed by atoms with Crippen LogP contribution in [-0.2, 0) is 24.7 Å². The van der Waals surface area contributed by atoms with E-state index in [1.807, 2.05) is 6.92 Å². The first-order valence-electron chi connectivity index (χ1n) is 7.52. The molecule has 2 heterocycles. The number of sulfonamides is 1. The van der Waals surface area contributed by atoms with Crippen molar-refractivity contribution in [3.05, 3.63) is 11.6 Å². The number of nitrogens with one attached hydrogen (secondary N) is 1. The van der Waals surface area contributed by atoms with Crippen LogP contribution in [0.1, 0.15) is 37.8 Å². The van der Waals surface area contributed by atoms with Gasteiger partial charge in [0.25, 0.3) is 0 Å². The van der Waals surface area contributed by atoms with Gasteiger partial charge in [-0.3, -0.25) is 15.3 Å². The van der Waals surface area contributed by atoms with Crippen LogP contribution in [0.2, 0.25) is 0 Å². The van der Waals surface area contributed by atoms with E-state index in [1.165, 1.54) is 6.07 Å². The maximum atomic E-state index is 12.8. The molecule has 10 nitrogen and oxygen atoms in total. The van der Waals surface area contributed by atoms with Crippen LogP contribution >= 0.6 is 11.3 Å². The van der Waals surface area contributed by atoms with Crippen molar-refractivity contribution in [1.29, 1.82) is 0 Å². The fraction of sp³-hybridized carbons (Fsp3) is 0.667. The van der Waals surface area contributed by atoms with Crippen LogP contribution in [0.4, 0.5) is 0 Å². The highest BCUT2D eigenvalue weighted by molar-refractivity contribution is 7.95. The molecule has 0 unspecified atom stereocenters. The zero-order valence-electron chi connectivity index (χ0n) is 13.5. The normalized spacial score (nSPS) is 22.9. The summed E-state index contributed by atoms with van der Waals surface area (Å²) >= 11 is 0.666. The van der Waals surface area contributed by atoms with Crippen LogP contribution in [0, 0.1) is 0 Å². The van der Waals surface area contributed by atoms with Gasteiger partial charge in [-0.05, 0) is 31.9 Å². The standard InChI is InChI=1S/C12H21N3O7S3/c1-2-14-10-6-8(4-3-5-22-15(16)17)24(18,19)12-9(10)7-11(23-12)25(13,20)21/h7-8,10,14,16-17H,2-6H2,1H3,(H2,13,20,21)/t8-,10-/m0/s1. The molecule has 0 amide bonds. The highest BCUT2D eigenvalue weighted by Gasteiger charge is 2.41. The third-order valence-electron chi connectivity index (χ3n) is 3.88. The van der Waals surface area contributed by atoms with Gasteiger partial charge in [0.2, 0.25) is 10.0 Å². The summed E-state index contributed by atoms with van der Waals surface area (Å²) in [5.74, 6) is 0. The average molecular weight is 416 g/mol. The zero-order chi connectivity index (χ0) is 18.8. The first kappa shape index (κ1) is 20.7. The number of sulfone groups is 1. The zero-order valence-corrected chi connectivity index (χ0v) is 15.9. The Bertz CT molecular complexity index is 804. The van der Waals surface area contributed by atoms with E-state index in [2.05, 4.69) is 10.2 Å². The van der Waals surface area contributed by atoms with Gasteiger partial charge in [-0.1, -0.05) is 6.92 Å². The van der Waals surface area contributed by atoms with E-state index in [0.717, 1.165) is 0 Å². The average Bonchev–Trinajstić information content (AvgIpc) is 2.94. The molecule has 13 heteroatoms. The molecule has 0 spiro atoms. The Kier molecular flexibility index (Phi) is 6.56. The van der Waals surface area contributed by atoms with Gasteiger partial charge in [-0.15, -0.1) is 11.3 Å². The molecule has 1 aromatic rings. The lowest BCUT2D eigenvalue weighted by molar-refractivity contribution is -0.492. The van der Waals surface area contributed by atoms with Crippen LogP contribution in [0.3, 0.4) is 0 Å². The minimum atomic E-state index is -3.99. The van der Waals surface area contributed by atoms with Gasteiger partial charge >= 0.3 is 0 Å². The van der Waals surface area contributed by atoms with E-state index in [-0.39, 0.29) is 40.3 Å². The molecule has 0 radical (unpaired) electrons. The summed E-state index contributed by atoms with van der Waals surface area (Å²) in [6.07, 6.45) is 0.801. The number of primary sulfonamides is 1. The Morgan fingerprint density at radius 3 is 2.72 bits per heavy atom. The van der Waals surface area contributed by atoms with Gasteiger partial charge in [-0.2, -0.15) is 0 Å². The molecule has 0 fully saturated rings. The molecule has 1 aliphatic rings. The molecule has 0 saturated heterocycles. The van der Waals surface area contributed by atoms with Gasteiger partial charge in [0.15, 0.2) is 9.84 Å². The number of nitrogens with two attached hydrogens (primary N) is 1.